The summed E-state index contributed by atoms with van der Waals surface area (Å²) in [6, 6.07) is 5.34. The molecule has 4 N–H and O–H groups in total. The van der Waals surface area contributed by atoms with E-state index in [1.165, 1.54) is 0 Å². The molecular weight excluding hydrogens is 256 g/mol. The number of rotatable bonds is 3. The highest BCUT2D eigenvalue weighted by atomic mass is 16.2. The molecule has 1 aromatic carbocycles. The van der Waals surface area contributed by atoms with E-state index in [-0.39, 0.29) is 17.1 Å². The van der Waals surface area contributed by atoms with Gasteiger partial charge in [0, 0.05) is 13.1 Å². The number of H-pyrrole nitrogens is 2. The van der Waals surface area contributed by atoms with Crippen LogP contribution in [-0.2, 0) is 6.54 Å². The molecule has 0 radical (unpaired) electrons. The predicted octanol–water partition coefficient (Wildman–Crippen LogP) is 1.70. The fraction of sp³-hybridized carbons (Fsp3) is 0.429. The number of carbonyl (C=O) groups is 1. The summed E-state index contributed by atoms with van der Waals surface area (Å²) in [5, 5.41) is 5.61. The smallest absolute Gasteiger partial charge is 0.323 e. The van der Waals surface area contributed by atoms with Gasteiger partial charge in [-0.15, -0.1) is 0 Å². The topological polar surface area (TPSA) is 89.8 Å². The minimum Gasteiger partial charge on any atom is -0.338 e. The van der Waals surface area contributed by atoms with Crippen LogP contribution >= 0.6 is 0 Å². The zero-order chi connectivity index (χ0) is 14.8. The molecule has 0 aliphatic carbocycles. The van der Waals surface area contributed by atoms with Crippen LogP contribution in [0.3, 0.4) is 0 Å². The van der Waals surface area contributed by atoms with Crippen molar-refractivity contribution in [3.05, 3.63) is 34.2 Å². The van der Waals surface area contributed by atoms with Gasteiger partial charge in [0.1, 0.15) is 0 Å². The van der Waals surface area contributed by atoms with E-state index >= 15 is 0 Å². The van der Waals surface area contributed by atoms with Crippen molar-refractivity contribution in [2.24, 2.45) is 5.41 Å². The monoisotopic (exact) mass is 276 g/mol. The average Bonchev–Trinajstić information content (AvgIpc) is 2.72. The number of hydrogen-bond donors (Lipinski definition) is 4. The van der Waals surface area contributed by atoms with Gasteiger partial charge in [-0.05, 0) is 23.1 Å². The Balaban J connectivity index is 1.92. The second kappa shape index (κ2) is 5.40. The summed E-state index contributed by atoms with van der Waals surface area (Å²) in [5.41, 5.74) is 2.26. The van der Waals surface area contributed by atoms with Gasteiger partial charge in [0.05, 0.1) is 11.0 Å². The lowest BCUT2D eigenvalue weighted by Crippen LogP contribution is -2.39. The Labute approximate surface area is 117 Å². The Morgan fingerprint density at radius 2 is 1.85 bits per heavy atom. The summed E-state index contributed by atoms with van der Waals surface area (Å²) in [5.74, 6) is 0. The quantitative estimate of drug-likeness (QED) is 0.687. The van der Waals surface area contributed by atoms with Crippen molar-refractivity contribution in [1.82, 2.24) is 20.6 Å². The minimum atomic E-state index is -0.229. The average molecular weight is 276 g/mol. The Bertz CT molecular complexity index is 664. The van der Waals surface area contributed by atoms with E-state index in [1.807, 2.05) is 18.2 Å². The highest BCUT2D eigenvalue weighted by Gasteiger charge is 2.11. The predicted molar refractivity (Wildman–Crippen MR) is 78.6 cm³/mol. The van der Waals surface area contributed by atoms with Crippen LogP contribution in [0.25, 0.3) is 11.0 Å². The number of fused-ring (bicyclic) bond motifs is 1. The maximum atomic E-state index is 11.6. The number of urea groups is 1. The standard InChI is InChI=1S/C14H20N4O2/c1-14(2,3)8-16-12(19)15-7-9-4-5-10-11(6-9)18-13(20)17-10/h4-6H,7-8H2,1-3H3,(H2,15,16,19)(H2,17,18,20). The summed E-state index contributed by atoms with van der Waals surface area (Å²) < 4.78 is 0. The van der Waals surface area contributed by atoms with Crippen molar-refractivity contribution >= 4 is 17.1 Å². The Morgan fingerprint density at radius 3 is 2.55 bits per heavy atom. The summed E-state index contributed by atoms with van der Waals surface area (Å²) in [4.78, 5) is 28.2. The number of carbonyl (C=O) groups excluding carboxylic acids is 1. The van der Waals surface area contributed by atoms with Crippen molar-refractivity contribution in [2.75, 3.05) is 6.54 Å². The van der Waals surface area contributed by atoms with Gasteiger partial charge in [-0.25, -0.2) is 9.59 Å². The van der Waals surface area contributed by atoms with E-state index in [1.54, 1.807) is 0 Å². The Kier molecular flexibility index (Phi) is 3.83. The fourth-order valence-electron chi connectivity index (χ4n) is 1.78. The number of nitrogens with one attached hydrogen (secondary N) is 4. The molecule has 6 nitrogen and oxygen atoms in total. The molecule has 2 amide bonds. The maximum Gasteiger partial charge on any atom is 0.323 e. The van der Waals surface area contributed by atoms with Crippen LogP contribution in [0.1, 0.15) is 26.3 Å². The molecule has 0 saturated heterocycles. The van der Waals surface area contributed by atoms with Gasteiger partial charge >= 0.3 is 11.7 Å². The second-order valence-electron chi connectivity index (χ2n) is 6.06. The molecule has 0 saturated carbocycles. The number of benzene rings is 1. The van der Waals surface area contributed by atoms with Crippen molar-refractivity contribution in [2.45, 2.75) is 27.3 Å². The van der Waals surface area contributed by atoms with Gasteiger partial charge in [0.25, 0.3) is 0 Å². The summed E-state index contributed by atoms with van der Waals surface area (Å²) in [6.45, 7) is 7.21. The minimum absolute atomic E-state index is 0.0564. The molecule has 108 valence electrons. The summed E-state index contributed by atoms with van der Waals surface area (Å²) in [6.07, 6.45) is 0. The number of amides is 2. The first-order valence-corrected chi connectivity index (χ1v) is 6.56. The van der Waals surface area contributed by atoms with Crippen LogP contribution in [0.15, 0.2) is 23.0 Å². The number of hydrogen-bond acceptors (Lipinski definition) is 2. The third kappa shape index (κ3) is 3.88. The van der Waals surface area contributed by atoms with E-state index in [0.717, 1.165) is 16.6 Å². The van der Waals surface area contributed by atoms with E-state index < -0.39 is 0 Å². The van der Waals surface area contributed by atoms with Crippen LogP contribution in [0.4, 0.5) is 4.79 Å². The van der Waals surface area contributed by atoms with Crippen molar-refractivity contribution in [1.29, 1.82) is 0 Å². The van der Waals surface area contributed by atoms with E-state index in [9.17, 15) is 9.59 Å². The third-order valence-electron chi connectivity index (χ3n) is 2.81. The molecule has 2 rings (SSSR count). The van der Waals surface area contributed by atoms with Crippen LogP contribution in [0.5, 0.6) is 0 Å². The molecule has 0 fully saturated rings. The van der Waals surface area contributed by atoms with Crippen molar-refractivity contribution in [3.63, 3.8) is 0 Å². The summed E-state index contributed by atoms with van der Waals surface area (Å²) >= 11 is 0. The van der Waals surface area contributed by atoms with Gasteiger partial charge < -0.3 is 20.6 Å². The Morgan fingerprint density at radius 1 is 1.15 bits per heavy atom. The second-order valence-corrected chi connectivity index (χ2v) is 6.06. The van der Waals surface area contributed by atoms with E-state index in [4.69, 9.17) is 0 Å². The lowest BCUT2D eigenvalue weighted by Gasteiger charge is -2.18. The molecule has 6 heteroatoms. The molecule has 0 aliphatic heterocycles. The lowest BCUT2D eigenvalue weighted by molar-refractivity contribution is 0.235. The van der Waals surface area contributed by atoms with Gasteiger partial charge in [-0.1, -0.05) is 26.8 Å². The summed E-state index contributed by atoms with van der Waals surface area (Å²) in [7, 11) is 0. The SMILES string of the molecule is CC(C)(C)CNC(=O)NCc1ccc2[nH]c(=O)[nH]c2c1. The molecule has 0 unspecified atom stereocenters. The van der Waals surface area contributed by atoms with Gasteiger partial charge in [-0.2, -0.15) is 0 Å². The molecule has 20 heavy (non-hydrogen) atoms. The largest absolute Gasteiger partial charge is 0.338 e. The lowest BCUT2D eigenvalue weighted by atomic mass is 9.97. The van der Waals surface area contributed by atoms with E-state index in [2.05, 4.69) is 41.4 Å². The Hall–Kier alpha value is -2.24. The molecular formula is C14H20N4O2. The zero-order valence-electron chi connectivity index (χ0n) is 12.0. The number of aromatic nitrogens is 2. The van der Waals surface area contributed by atoms with Crippen molar-refractivity contribution < 1.29 is 4.79 Å². The third-order valence-corrected chi connectivity index (χ3v) is 2.81. The van der Waals surface area contributed by atoms with E-state index in [0.29, 0.717) is 13.1 Å². The first-order chi connectivity index (χ1) is 9.33. The van der Waals surface area contributed by atoms with Gasteiger partial charge in [-0.3, -0.25) is 0 Å². The molecule has 1 heterocycles. The van der Waals surface area contributed by atoms with Gasteiger partial charge in [0.2, 0.25) is 0 Å². The normalized spacial score (nSPS) is 11.6. The van der Waals surface area contributed by atoms with Crippen LogP contribution in [0.2, 0.25) is 0 Å². The highest BCUT2D eigenvalue weighted by molar-refractivity contribution is 5.76. The molecule has 2 aromatic rings. The van der Waals surface area contributed by atoms with Gasteiger partial charge in [0.15, 0.2) is 0 Å². The van der Waals surface area contributed by atoms with Crippen molar-refractivity contribution in [3.8, 4) is 0 Å². The number of imidazole rings is 1. The van der Waals surface area contributed by atoms with Crippen LogP contribution < -0.4 is 16.3 Å². The molecule has 0 bridgehead atoms. The first kappa shape index (κ1) is 14.2. The molecule has 0 aliphatic rings. The zero-order valence-corrected chi connectivity index (χ0v) is 12.0. The molecule has 0 atom stereocenters. The molecule has 0 spiro atoms. The number of aromatic amines is 2. The fourth-order valence-corrected chi connectivity index (χ4v) is 1.78. The van der Waals surface area contributed by atoms with Crippen LogP contribution in [-0.4, -0.2) is 22.5 Å². The van der Waals surface area contributed by atoms with Crippen LogP contribution in [0, 0.1) is 5.41 Å². The highest BCUT2D eigenvalue weighted by Crippen LogP contribution is 2.11. The maximum absolute atomic E-state index is 11.6. The molecule has 1 aromatic heterocycles. The first-order valence-electron chi connectivity index (χ1n) is 6.56.